The number of rotatable bonds is 6. The van der Waals surface area contributed by atoms with Crippen LogP contribution in [0.15, 0.2) is 0 Å². The molecule has 1 heterocycles. The van der Waals surface area contributed by atoms with Crippen LogP contribution in [0.5, 0.6) is 0 Å². The zero-order valence-electron chi connectivity index (χ0n) is 10.8. The fraction of sp³-hybridized carbons (Fsp3) is 0.750. The number of hydrogen-bond acceptors (Lipinski definition) is 4. The van der Waals surface area contributed by atoms with Gasteiger partial charge in [-0.2, -0.15) is 0 Å². The van der Waals surface area contributed by atoms with Crippen molar-refractivity contribution >= 4 is 11.3 Å². The van der Waals surface area contributed by atoms with Crippen molar-refractivity contribution in [3.63, 3.8) is 0 Å². The fourth-order valence-corrected chi connectivity index (χ4v) is 2.85. The van der Waals surface area contributed by atoms with E-state index in [1.807, 2.05) is 14.0 Å². The molecule has 0 radical (unpaired) electrons. The normalized spacial score (nSPS) is 13.4. The van der Waals surface area contributed by atoms with Crippen molar-refractivity contribution in [3.8, 4) is 0 Å². The lowest BCUT2D eigenvalue weighted by Crippen LogP contribution is -2.06. The Hall–Kier alpha value is -0.450. The maximum Gasteiger partial charge on any atom is 0.122 e. The smallest absolute Gasteiger partial charge is 0.122 e. The third-order valence-corrected chi connectivity index (χ3v) is 3.62. The molecular formula is C12H22N2OS. The average Bonchev–Trinajstić information content (AvgIpc) is 2.63. The maximum absolute atomic E-state index is 5.58. The quantitative estimate of drug-likeness (QED) is 0.832. The van der Waals surface area contributed by atoms with Crippen LogP contribution in [0.4, 0.5) is 0 Å². The fourth-order valence-electron chi connectivity index (χ4n) is 1.62. The van der Waals surface area contributed by atoms with E-state index < -0.39 is 0 Å². The Bertz CT molecular complexity index is 323. The molecule has 0 saturated heterocycles. The molecule has 1 N–H and O–H groups in total. The van der Waals surface area contributed by atoms with Gasteiger partial charge in [0.2, 0.25) is 0 Å². The topological polar surface area (TPSA) is 34.1 Å². The Morgan fingerprint density at radius 2 is 2.06 bits per heavy atom. The predicted molar refractivity (Wildman–Crippen MR) is 69.0 cm³/mol. The molecule has 0 amide bonds. The Morgan fingerprint density at radius 1 is 1.38 bits per heavy atom. The molecule has 0 fully saturated rings. The highest BCUT2D eigenvalue weighted by Crippen LogP contribution is 2.29. The first-order valence-electron chi connectivity index (χ1n) is 5.85. The first kappa shape index (κ1) is 13.6. The Morgan fingerprint density at radius 3 is 2.56 bits per heavy atom. The van der Waals surface area contributed by atoms with Crippen LogP contribution in [0.1, 0.15) is 55.3 Å². The van der Waals surface area contributed by atoms with E-state index >= 15 is 0 Å². The highest BCUT2D eigenvalue weighted by Gasteiger charge is 2.17. The largest absolute Gasteiger partial charge is 0.372 e. The highest BCUT2D eigenvalue weighted by molar-refractivity contribution is 7.11. The van der Waals surface area contributed by atoms with Gasteiger partial charge < -0.3 is 10.1 Å². The van der Waals surface area contributed by atoms with Crippen LogP contribution in [-0.4, -0.2) is 18.6 Å². The molecule has 0 aliphatic heterocycles. The molecule has 1 aromatic rings. The lowest BCUT2D eigenvalue weighted by molar-refractivity contribution is 0.0761. The minimum Gasteiger partial charge on any atom is -0.372 e. The molecule has 0 aromatic carbocycles. The second kappa shape index (κ2) is 6.33. The van der Waals surface area contributed by atoms with Crippen molar-refractivity contribution in [2.75, 3.05) is 13.7 Å². The van der Waals surface area contributed by atoms with Gasteiger partial charge in [0.25, 0.3) is 0 Å². The van der Waals surface area contributed by atoms with E-state index in [9.17, 15) is 0 Å². The molecular weight excluding hydrogens is 220 g/mol. The van der Waals surface area contributed by atoms with E-state index in [0.29, 0.717) is 5.92 Å². The van der Waals surface area contributed by atoms with Gasteiger partial charge in [-0.15, -0.1) is 11.3 Å². The molecule has 92 valence electrons. The third kappa shape index (κ3) is 3.27. The van der Waals surface area contributed by atoms with Gasteiger partial charge >= 0.3 is 0 Å². The molecule has 1 atom stereocenters. The third-order valence-electron chi connectivity index (χ3n) is 2.39. The zero-order chi connectivity index (χ0) is 12.1. The minimum absolute atomic E-state index is 0.109. The van der Waals surface area contributed by atoms with Crippen LogP contribution in [0, 0.1) is 0 Å². The van der Waals surface area contributed by atoms with E-state index in [1.54, 1.807) is 11.3 Å². The maximum atomic E-state index is 5.58. The summed E-state index contributed by atoms with van der Waals surface area (Å²) in [4.78, 5) is 6.03. The summed E-state index contributed by atoms with van der Waals surface area (Å²) in [7, 11) is 1.97. The molecule has 16 heavy (non-hydrogen) atoms. The lowest BCUT2D eigenvalue weighted by Gasteiger charge is -2.07. The Kier molecular flexibility index (Phi) is 5.38. The van der Waals surface area contributed by atoms with Crippen LogP contribution >= 0.6 is 11.3 Å². The van der Waals surface area contributed by atoms with Crippen LogP contribution in [0.2, 0.25) is 0 Å². The van der Waals surface area contributed by atoms with Crippen molar-refractivity contribution in [1.29, 1.82) is 0 Å². The summed E-state index contributed by atoms with van der Waals surface area (Å²) in [6.07, 6.45) is 0.109. The molecule has 0 aliphatic carbocycles. The molecule has 4 heteroatoms. The molecule has 0 bridgehead atoms. The lowest BCUT2D eigenvalue weighted by atomic mass is 10.1. The first-order chi connectivity index (χ1) is 7.60. The zero-order valence-corrected chi connectivity index (χ0v) is 11.6. The second-order valence-corrected chi connectivity index (χ2v) is 5.26. The van der Waals surface area contributed by atoms with Crippen molar-refractivity contribution in [2.24, 2.45) is 0 Å². The molecule has 0 aliphatic rings. The molecule has 1 rings (SSSR count). The van der Waals surface area contributed by atoms with Crippen LogP contribution in [0.25, 0.3) is 0 Å². The molecule has 3 nitrogen and oxygen atoms in total. The van der Waals surface area contributed by atoms with Gasteiger partial charge in [-0.1, -0.05) is 13.8 Å². The van der Waals surface area contributed by atoms with Crippen LogP contribution < -0.4 is 5.32 Å². The van der Waals surface area contributed by atoms with Crippen molar-refractivity contribution < 1.29 is 4.74 Å². The van der Waals surface area contributed by atoms with Gasteiger partial charge in [0.05, 0.1) is 5.69 Å². The Balaban J connectivity index is 2.91. The van der Waals surface area contributed by atoms with Crippen molar-refractivity contribution in [1.82, 2.24) is 10.3 Å². The predicted octanol–water partition coefficient (Wildman–Crippen LogP) is 3.08. The molecule has 1 unspecified atom stereocenters. The van der Waals surface area contributed by atoms with E-state index in [-0.39, 0.29) is 6.10 Å². The second-order valence-electron chi connectivity index (χ2n) is 4.14. The van der Waals surface area contributed by atoms with Crippen LogP contribution in [0.3, 0.4) is 0 Å². The number of nitrogens with one attached hydrogen (secondary N) is 1. The summed E-state index contributed by atoms with van der Waals surface area (Å²) in [6.45, 7) is 10.1. The SMILES string of the molecule is CCOC(C)c1nc(C(C)C)c(CNC)s1. The van der Waals surface area contributed by atoms with E-state index in [1.165, 1.54) is 10.6 Å². The number of thiazole rings is 1. The summed E-state index contributed by atoms with van der Waals surface area (Å²) in [5.41, 5.74) is 1.21. The van der Waals surface area contributed by atoms with E-state index in [2.05, 4.69) is 26.1 Å². The highest BCUT2D eigenvalue weighted by atomic mass is 32.1. The summed E-state index contributed by atoms with van der Waals surface area (Å²) >= 11 is 1.76. The van der Waals surface area contributed by atoms with Gasteiger partial charge in [-0.05, 0) is 26.8 Å². The van der Waals surface area contributed by atoms with Crippen molar-refractivity contribution in [2.45, 2.75) is 46.3 Å². The minimum atomic E-state index is 0.109. The monoisotopic (exact) mass is 242 g/mol. The molecule has 1 aromatic heterocycles. The molecule has 0 saturated carbocycles. The van der Waals surface area contributed by atoms with Gasteiger partial charge in [-0.3, -0.25) is 0 Å². The van der Waals surface area contributed by atoms with Gasteiger partial charge in [0.15, 0.2) is 0 Å². The number of hydrogen-bond donors (Lipinski definition) is 1. The van der Waals surface area contributed by atoms with E-state index in [4.69, 9.17) is 9.72 Å². The summed E-state index contributed by atoms with van der Waals surface area (Å²) in [6, 6.07) is 0. The van der Waals surface area contributed by atoms with Gasteiger partial charge in [0, 0.05) is 18.0 Å². The summed E-state index contributed by atoms with van der Waals surface area (Å²) in [5, 5.41) is 4.29. The van der Waals surface area contributed by atoms with Gasteiger partial charge in [0.1, 0.15) is 11.1 Å². The number of nitrogens with zero attached hydrogens (tertiary/aromatic N) is 1. The number of aromatic nitrogens is 1. The first-order valence-corrected chi connectivity index (χ1v) is 6.67. The summed E-state index contributed by atoms with van der Waals surface area (Å²) < 4.78 is 5.58. The van der Waals surface area contributed by atoms with E-state index in [0.717, 1.165) is 18.2 Å². The number of ether oxygens (including phenoxy) is 1. The summed E-state index contributed by atoms with van der Waals surface area (Å²) in [5.74, 6) is 0.474. The van der Waals surface area contributed by atoms with Crippen LogP contribution in [-0.2, 0) is 11.3 Å². The van der Waals surface area contributed by atoms with Crippen molar-refractivity contribution in [3.05, 3.63) is 15.6 Å². The standard InChI is InChI=1S/C12H22N2OS/c1-6-15-9(4)12-14-11(8(2)3)10(16-12)7-13-5/h8-9,13H,6-7H2,1-5H3. The Labute approximate surface area is 102 Å². The average molecular weight is 242 g/mol. The van der Waals surface area contributed by atoms with Gasteiger partial charge in [-0.25, -0.2) is 4.98 Å². The molecule has 0 spiro atoms.